The van der Waals surface area contributed by atoms with Gasteiger partial charge in [-0.3, -0.25) is 4.98 Å². The van der Waals surface area contributed by atoms with Crippen molar-refractivity contribution in [2.75, 3.05) is 0 Å². The molecule has 0 saturated carbocycles. The fourth-order valence-corrected chi connectivity index (χ4v) is 2.49. The summed E-state index contributed by atoms with van der Waals surface area (Å²) in [6.07, 6.45) is 0. The summed E-state index contributed by atoms with van der Waals surface area (Å²) in [5.74, 6) is -0.490. The van der Waals surface area contributed by atoms with Crippen LogP contribution in [-0.2, 0) is 0 Å². The Morgan fingerprint density at radius 1 is 1.26 bits per heavy atom. The third kappa shape index (κ3) is 2.96. The first-order valence-electron chi connectivity index (χ1n) is 5.74. The van der Waals surface area contributed by atoms with Crippen molar-refractivity contribution >= 4 is 27.5 Å². The van der Waals surface area contributed by atoms with Gasteiger partial charge < -0.3 is 5.73 Å². The van der Waals surface area contributed by atoms with Gasteiger partial charge in [-0.1, -0.05) is 17.7 Å². The summed E-state index contributed by atoms with van der Waals surface area (Å²) in [6, 6.07) is 6.48. The highest BCUT2D eigenvalue weighted by atomic mass is 79.9. The van der Waals surface area contributed by atoms with Crippen LogP contribution in [0.5, 0.6) is 0 Å². The number of aromatic nitrogens is 1. The third-order valence-electron chi connectivity index (χ3n) is 2.86. The van der Waals surface area contributed by atoms with E-state index < -0.39 is 11.9 Å². The minimum absolute atomic E-state index is 0.0513. The van der Waals surface area contributed by atoms with Gasteiger partial charge in [0.15, 0.2) is 0 Å². The number of nitrogens with two attached hydrogens (primary N) is 1. The Balaban J connectivity index is 2.50. The van der Waals surface area contributed by atoms with Gasteiger partial charge in [-0.2, -0.15) is 0 Å². The maximum atomic E-state index is 14.1. The molecule has 0 saturated heterocycles. The molecule has 2 N–H and O–H groups in total. The van der Waals surface area contributed by atoms with E-state index in [4.69, 9.17) is 17.3 Å². The van der Waals surface area contributed by atoms with Crippen LogP contribution >= 0.6 is 27.5 Å². The largest absolute Gasteiger partial charge is 0.320 e. The highest BCUT2D eigenvalue weighted by molar-refractivity contribution is 9.10. The summed E-state index contributed by atoms with van der Waals surface area (Å²) >= 11 is 9.07. The molecule has 2 rings (SSSR count). The lowest BCUT2D eigenvalue weighted by atomic mass is 9.98. The lowest BCUT2D eigenvalue weighted by Gasteiger charge is -2.15. The summed E-state index contributed by atoms with van der Waals surface area (Å²) in [5, 5.41) is 0.0513. The average molecular weight is 344 g/mol. The molecule has 0 aliphatic rings. The average Bonchev–Trinajstić information content (AvgIpc) is 2.34. The molecule has 0 radical (unpaired) electrons. The molecule has 2 aromatic rings. The van der Waals surface area contributed by atoms with E-state index in [2.05, 4.69) is 20.9 Å². The van der Waals surface area contributed by atoms with E-state index >= 15 is 0 Å². The normalized spacial score (nSPS) is 12.5. The lowest BCUT2D eigenvalue weighted by molar-refractivity contribution is 0.599. The molecule has 1 heterocycles. The molecule has 1 aromatic carbocycles. The molecule has 1 atom stereocenters. The minimum Gasteiger partial charge on any atom is -0.320 e. The lowest BCUT2D eigenvalue weighted by Crippen LogP contribution is -2.14. The predicted octanol–water partition coefficient (Wildman–Crippen LogP) is 4.30. The van der Waals surface area contributed by atoms with Gasteiger partial charge in [0, 0.05) is 21.4 Å². The highest BCUT2D eigenvalue weighted by Crippen LogP contribution is 2.32. The monoisotopic (exact) mass is 342 g/mol. The third-order valence-corrected chi connectivity index (χ3v) is 4.12. The van der Waals surface area contributed by atoms with Gasteiger partial charge >= 0.3 is 0 Å². The van der Waals surface area contributed by atoms with Crippen LogP contribution in [0.2, 0.25) is 5.02 Å². The Hall–Kier alpha value is -0.970. The first-order valence-corrected chi connectivity index (χ1v) is 6.91. The molecule has 5 heteroatoms. The van der Waals surface area contributed by atoms with Crippen molar-refractivity contribution in [2.24, 2.45) is 5.73 Å². The molecule has 1 aromatic heterocycles. The van der Waals surface area contributed by atoms with Crippen LogP contribution in [0.25, 0.3) is 0 Å². The molecule has 0 bridgehead atoms. The molecule has 100 valence electrons. The summed E-state index contributed by atoms with van der Waals surface area (Å²) < 4.78 is 14.7. The number of hydrogen-bond acceptors (Lipinski definition) is 2. The van der Waals surface area contributed by atoms with E-state index in [1.165, 1.54) is 0 Å². The Labute approximate surface area is 124 Å². The number of halogens is 3. The smallest absolute Gasteiger partial charge is 0.148 e. The molecule has 0 spiro atoms. The second-order valence-corrected chi connectivity index (χ2v) is 5.66. The summed E-state index contributed by atoms with van der Waals surface area (Å²) in [4.78, 5) is 4.28. The van der Waals surface area contributed by atoms with Crippen molar-refractivity contribution in [3.05, 3.63) is 62.1 Å². The van der Waals surface area contributed by atoms with Crippen molar-refractivity contribution in [1.29, 1.82) is 0 Å². The summed E-state index contributed by atoms with van der Waals surface area (Å²) in [5.41, 5.74) is 9.04. The molecule has 1 unspecified atom stereocenters. The summed E-state index contributed by atoms with van der Waals surface area (Å²) in [7, 11) is 0. The van der Waals surface area contributed by atoms with Gasteiger partial charge in [0.1, 0.15) is 5.82 Å². The van der Waals surface area contributed by atoms with Crippen LogP contribution in [0.4, 0.5) is 4.39 Å². The molecular weight excluding hydrogens is 331 g/mol. The topological polar surface area (TPSA) is 38.9 Å². The number of nitrogens with zero attached hydrogens (tertiary/aromatic N) is 1. The van der Waals surface area contributed by atoms with E-state index in [0.717, 1.165) is 17.0 Å². The van der Waals surface area contributed by atoms with Gasteiger partial charge in [0.25, 0.3) is 0 Å². The SMILES string of the molecule is Cc1cc(C(N)c2ccc(Br)c(Cl)c2F)cc(C)n1. The minimum atomic E-state index is -0.564. The van der Waals surface area contributed by atoms with Crippen LogP contribution in [0.3, 0.4) is 0 Å². The van der Waals surface area contributed by atoms with Crippen molar-refractivity contribution in [2.45, 2.75) is 19.9 Å². The van der Waals surface area contributed by atoms with E-state index in [-0.39, 0.29) is 5.02 Å². The fraction of sp³-hybridized carbons (Fsp3) is 0.214. The molecule has 0 aliphatic heterocycles. The first-order chi connectivity index (χ1) is 8.90. The molecular formula is C14H13BrClFN2. The van der Waals surface area contributed by atoms with Crippen molar-refractivity contribution < 1.29 is 4.39 Å². The number of benzene rings is 1. The number of pyridine rings is 1. The van der Waals surface area contributed by atoms with Crippen LogP contribution < -0.4 is 5.73 Å². The predicted molar refractivity (Wildman–Crippen MR) is 78.9 cm³/mol. The maximum absolute atomic E-state index is 14.1. The van der Waals surface area contributed by atoms with Crippen molar-refractivity contribution in [3.63, 3.8) is 0 Å². The van der Waals surface area contributed by atoms with Crippen LogP contribution in [0.1, 0.15) is 28.6 Å². The zero-order chi connectivity index (χ0) is 14.2. The van der Waals surface area contributed by atoms with E-state index in [1.54, 1.807) is 12.1 Å². The number of aryl methyl sites for hydroxylation is 2. The van der Waals surface area contributed by atoms with Gasteiger partial charge in [-0.15, -0.1) is 0 Å². The Kier molecular flexibility index (Phi) is 4.23. The van der Waals surface area contributed by atoms with Gasteiger partial charge in [-0.25, -0.2) is 4.39 Å². The molecule has 0 fully saturated rings. The van der Waals surface area contributed by atoms with Crippen LogP contribution in [-0.4, -0.2) is 4.98 Å². The molecule has 0 amide bonds. The number of hydrogen-bond donors (Lipinski definition) is 1. The molecule has 2 nitrogen and oxygen atoms in total. The van der Waals surface area contributed by atoms with Crippen LogP contribution in [0.15, 0.2) is 28.7 Å². The standard InChI is InChI=1S/C14H13BrClFN2/c1-7-5-9(6-8(2)19-7)14(18)10-3-4-11(15)12(16)13(10)17/h3-6,14H,18H2,1-2H3. The second-order valence-electron chi connectivity index (χ2n) is 4.43. The number of rotatable bonds is 2. The van der Waals surface area contributed by atoms with E-state index in [9.17, 15) is 4.39 Å². The maximum Gasteiger partial charge on any atom is 0.148 e. The van der Waals surface area contributed by atoms with Gasteiger partial charge in [0.2, 0.25) is 0 Å². The van der Waals surface area contributed by atoms with Gasteiger partial charge in [-0.05, 0) is 53.5 Å². The summed E-state index contributed by atoms with van der Waals surface area (Å²) in [6.45, 7) is 3.77. The van der Waals surface area contributed by atoms with E-state index in [1.807, 2.05) is 26.0 Å². The Morgan fingerprint density at radius 2 is 1.84 bits per heavy atom. The second kappa shape index (κ2) is 5.57. The Morgan fingerprint density at radius 3 is 2.42 bits per heavy atom. The fourth-order valence-electron chi connectivity index (χ4n) is 2.01. The molecule has 0 aliphatic carbocycles. The highest BCUT2D eigenvalue weighted by Gasteiger charge is 2.18. The van der Waals surface area contributed by atoms with Crippen molar-refractivity contribution in [3.8, 4) is 0 Å². The zero-order valence-corrected chi connectivity index (χ0v) is 12.9. The molecule has 19 heavy (non-hydrogen) atoms. The van der Waals surface area contributed by atoms with Gasteiger partial charge in [0.05, 0.1) is 11.1 Å². The van der Waals surface area contributed by atoms with E-state index in [0.29, 0.717) is 10.0 Å². The Bertz CT molecular complexity index is 611. The first kappa shape index (κ1) is 14.4. The zero-order valence-electron chi connectivity index (χ0n) is 10.5. The van der Waals surface area contributed by atoms with Crippen molar-refractivity contribution in [1.82, 2.24) is 4.98 Å². The quantitative estimate of drug-likeness (QED) is 0.826. The van der Waals surface area contributed by atoms with Crippen LogP contribution in [0, 0.1) is 19.7 Å².